The summed E-state index contributed by atoms with van der Waals surface area (Å²) < 4.78 is 4.91. The molecule has 9 heteroatoms. The van der Waals surface area contributed by atoms with Crippen molar-refractivity contribution in [2.24, 2.45) is 11.8 Å². The number of para-hydroxylation sites is 1. The van der Waals surface area contributed by atoms with E-state index in [0.717, 1.165) is 5.69 Å². The number of aliphatic carboxylic acids is 1. The molecule has 5 atom stereocenters. The summed E-state index contributed by atoms with van der Waals surface area (Å²) in [6.07, 6.45) is 1.62. The number of hydrogen-bond acceptors (Lipinski definition) is 5. The Labute approximate surface area is 167 Å². The maximum Gasteiger partial charge on any atom is 0.336 e. The summed E-state index contributed by atoms with van der Waals surface area (Å²) in [7, 11) is 0. The van der Waals surface area contributed by atoms with Crippen molar-refractivity contribution in [3.8, 4) is 0 Å². The van der Waals surface area contributed by atoms with E-state index in [1.807, 2.05) is 18.2 Å². The number of carbonyl (C=O) groups excluding carboxylic acids is 2. The quantitative estimate of drug-likeness (QED) is 0.467. The SMILES string of the molecule is CC(NC(=O)C1OC1C(=O)O)C(Cc1cnc[nH]1)C(C)C(=O)Nc1ccccc1. The van der Waals surface area contributed by atoms with Crippen molar-refractivity contribution in [3.05, 3.63) is 48.5 Å². The van der Waals surface area contributed by atoms with Crippen LogP contribution in [0.3, 0.4) is 0 Å². The van der Waals surface area contributed by atoms with E-state index in [4.69, 9.17) is 9.84 Å². The molecule has 0 aliphatic carbocycles. The number of rotatable bonds is 9. The van der Waals surface area contributed by atoms with Gasteiger partial charge in [-0.05, 0) is 31.4 Å². The van der Waals surface area contributed by atoms with Crippen molar-refractivity contribution in [1.82, 2.24) is 15.3 Å². The lowest BCUT2D eigenvalue weighted by atomic mass is 9.83. The van der Waals surface area contributed by atoms with Gasteiger partial charge in [-0.3, -0.25) is 9.59 Å². The van der Waals surface area contributed by atoms with Crippen LogP contribution >= 0.6 is 0 Å². The number of anilines is 1. The second kappa shape index (κ2) is 8.87. The molecule has 1 saturated heterocycles. The first-order valence-corrected chi connectivity index (χ1v) is 9.38. The fourth-order valence-corrected chi connectivity index (χ4v) is 3.32. The number of epoxide rings is 1. The van der Waals surface area contributed by atoms with Gasteiger partial charge >= 0.3 is 5.97 Å². The highest BCUT2D eigenvalue weighted by atomic mass is 16.6. The van der Waals surface area contributed by atoms with Gasteiger partial charge in [0.25, 0.3) is 5.91 Å². The molecule has 1 aromatic heterocycles. The molecule has 2 amide bonds. The lowest BCUT2D eigenvalue weighted by molar-refractivity contribution is -0.138. The van der Waals surface area contributed by atoms with Crippen molar-refractivity contribution in [3.63, 3.8) is 0 Å². The minimum Gasteiger partial charge on any atom is -0.479 e. The second-order valence-corrected chi connectivity index (χ2v) is 7.20. The smallest absolute Gasteiger partial charge is 0.336 e. The topological polar surface area (TPSA) is 137 Å². The lowest BCUT2D eigenvalue weighted by Crippen LogP contribution is -2.46. The zero-order chi connectivity index (χ0) is 21.0. The first-order chi connectivity index (χ1) is 13.9. The Bertz CT molecular complexity index is 855. The zero-order valence-corrected chi connectivity index (χ0v) is 16.2. The molecule has 0 saturated carbocycles. The summed E-state index contributed by atoms with van der Waals surface area (Å²) >= 11 is 0. The molecule has 3 rings (SSSR count). The number of H-pyrrole nitrogens is 1. The molecule has 1 aromatic carbocycles. The molecule has 0 bridgehead atoms. The van der Waals surface area contributed by atoms with Crippen LogP contribution in [0.15, 0.2) is 42.9 Å². The van der Waals surface area contributed by atoms with Crippen LogP contribution in [0.2, 0.25) is 0 Å². The zero-order valence-electron chi connectivity index (χ0n) is 16.2. The summed E-state index contributed by atoms with van der Waals surface area (Å²) in [6, 6.07) is 8.73. The third kappa shape index (κ3) is 5.20. The van der Waals surface area contributed by atoms with E-state index >= 15 is 0 Å². The van der Waals surface area contributed by atoms with Gasteiger partial charge < -0.3 is 25.5 Å². The molecular formula is C20H24N4O5. The lowest BCUT2D eigenvalue weighted by Gasteiger charge is -2.29. The van der Waals surface area contributed by atoms with Crippen LogP contribution in [0.25, 0.3) is 0 Å². The van der Waals surface area contributed by atoms with Crippen LogP contribution in [0.4, 0.5) is 5.69 Å². The average molecular weight is 400 g/mol. The molecule has 0 radical (unpaired) electrons. The summed E-state index contributed by atoms with van der Waals surface area (Å²) in [6.45, 7) is 3.60. The molecule has 0 spiro atoms. The number of hydrogen-bond donors (Lipinski definition) is 4. The first-order valence-electron chi connectivity index (χ1n) is 9.38. The Kier molecular flexibility index (Phi) is 6.28. The fraction of sp³-hybridized carbons (Fsp3) is 0.400. The van der Waals surface area contributed by atoms with Crippen molar-refractivity contribution in [2.75, 3.05) is 5.32 Å². The minimum atomic E-state index is -1.16. The largest absolute Gasteiger partial charge is 0.479 e. The van der Waals surface area contributed by atoms with Crippen LogP contribution < -0.4 is 10.6 Å². The number of benzene rings is 1. The monoisotopic (exact) mass is 400 g/mol. The van der Waals surface area contributed by atoms with Gasteiger partial charge in [0.05, 0.1) is 6.33 Å². The van der Waals surface area contributed by atoms with Gasteiger partial charge in [-0.1, -0.05) is 25.1 Å². The van der Waals surface area contributed by atoms with Gasteiger partial charge in [-0.15, -0.1) is 0 Å². The van der Waals surface area contributed by atoms with Crippen LogP contribution in [-0.4, -0.2) is 51.1 Å². The Morgan fingerprint density at radius 3 is 2.52 bits per heavy atom. The molecular weight excluding hydrogens is 376 g/mol. The fourth-order valence-electron chi connectivity index (χ4n) is 3.32. The number of carbonyl (C=O) groups is 3. The molecule has 29 heavy (non-hydrogen) atoms. The maximum atomic E-state index is 12.8. The maximum absolute atomic E-state index is 12.8. The number of nitrogens with one attached hydrogen (secondary N) is 3. The van der Waals surface area contributed by atoms with Gasteiger partial charge in [-0.25, -0.2) is 9.78 Å². The van der Waals surface area contributed by atoms with Crippen LogP contribution in [-0.2, 0) is 25.5 Å². The van der Waals surface area contributed by atoms with Gasteiger partial charge in [0.1, 0.15) is 0 Å². The number of nitrogens with zero attached hydrogens (tertiary/aromatic N) is 1. The third-order valence-corrected chi connectivity index (χ3v) is 5.11. The number of imidazole rings is 1. The number of ether oxygens (including phenoxy) is 1. The Balaban J connectivity index is 1.68. The summed E-state index contributed by atoms with van der Waals surface area (Å²) in [4.78, 5) is 43.0. The first kappa shape index (κ1) is 20.5. The van der Waals surface area contributed by atoms with E-state index in [1.54, 1.807) is 38.5 Å². The van der Waals surface area contributed by atoms with E-state index in [0.29, 0.717) is 12.1 Å². The number of carboxylic acids is 1. The van der Waals surface area contributed by atoms with Gasteiger partial charge in [-0.2, -0.15) is 0 Å². The summed E-state index contributed by atoms with van der Waals surface area (Å²) in [5, 5.41) is 14.6. The number of aromatic nitrogens is 2. The molecule has 1 aliphatic heterocycles. The molecule has 9 nitrogen and oxygen atoms in total. The van der Waals surface area contributed by atoms with Gasteiger partial charge in [0.15, 0.2) is 12.2 Å². The highest BCUT2D eigenvalue weighted by Gasteiger charge is 2.51. The van der Waals surface area contributed by atoms with Crippen LogP contribution in [0.1, 0.15) is 19.5 Å². The average Bonchev–Trinajstić information content (AvgIpc) is 3.35. The predicted octanol–water partition coefficient (Wildman–Crippen LogP) is 1.20. The van der Waals surface area contributed by atoms with Crippen LogP contribution in [0, 0.1) is 11.8 Å². The molecule has 5 unspecified atom stereocenters. The standard InChI is InChI=1S/C20H24N4O5/c1-11(18(25)24-13-6-4-3-5-7-13)15(8-14-9-21-10-22-14)12(2)23-19(26)16-17(29-16)20(27)28/h3-7,9-12,15-17H,8H2,1-2H3,(H,21,22)(H,23,26)(H,24,25)(H,27,28). The van der Waals surface area contributed by atoms with Crippen molar-refractivity contribution in [2.45, 2.75) is 38.5 Å². The summed E-state index contributed by atoms with van der Waals surface area (Å²) in [5.41, 5.74) is 1.53. The van der Waals surface area contributed by atoms with E-state index in [9.17, 15) is 14.4 Å². The van der Waals surface area contributed by atoms with Crippen molar-refractivity contribution in [1.29, 1.82) is 0 Å². The third-order valence-electron chi connectivity index (χ3n) is 5.11. The molecule has 154 valence electrons. The molecule has 2 aromatic rings. The minimum absolute atomic E-state index is 0.173. The molecule has 1 fully saturated rings. The van der Waals surface area contributed by atoms with Crippen molar-refractivity contribution < 1.29 is 24.2 Å². The molecule has 4 N–H and O–H groups in total. The van der Waals surface area contributed by atoms with Crippen LogP contribution in [0.5, 0.6) is 0 Å². The summed E-state index contributed by atoms with van der Waals surface area (Å²) in [5.74, 6) is -2.53. The number of aromatic amines is 1. The Hall–Kier alpha value is -3.20. The van der Waals surface area contributed by atoms with Gasteiger partial charge in [0, 0.05) is 29.5 Å². The Morgan fingerprint density at radius 1 is 1.21 bits per heavy atom. The Morgan fingerprint density at radius 2 is 1.93 bits per heavy atom. The van der Waals surface area contributed by atoms with Crippen molar-refractivity contribution >= 4 is 23.5 Å². The molecule has 1 aliphatic rings. The second-order valence-electron chi connectivity index (χ2n) is 7.20. The van der Waals surface area contributed by atoms with E-state index in [1.165, 1.54) is 0 Å². The van der Waals surface area contributed by atoms with E-state index in [2.05, 4.69) is 20.6 Å². The number of amides is 2. The van der Waals surface area contributed by atoms with Gasteiger partial charge in [0.2, 0.25) is 5.91 Å². The van der Waals surface area contributed by atoms with E-state index < -0.39 is 36.0 Å². The highest BCUT2D eigenvalue weighted by molar-refractivity contribution is 5.93. The normalized spacial score (nSPS) is 20.9. The van der Waals surface area contributed by atoms with E-state index in [-0.39, 0.29) is 11.8 Å². The molecule has 2 heterocycles. The highest BCUT2D eigenvalue weighted by Crippen LogP contribution is 2.25. The number of carboxylic acid groups (broad SMARTS) is 1. The predicted molar refractivity (Wildman–Crippen MR) is 104 cm³/mol.